The van der Waals surface area contributed by atoms with Crippen LogP contribution in [0.1, 0.15) is 103 Å². The fourth-order valence-corrected chi connectivity index (χ4v) is 10.9. The largest absolute Gasteiger partial charge is 0.422 e. The van der Waals surface area contributed by atoms with Crippen LogP contribution in [0.2, 0.25) is 0 Å². The Bertz CT molecular complexity index is 1500. The van der Waals surface area contributed by atoms with Crippen LogP contribution in [0.4, 0.5) is 5.69 Å². The van der Waals surface area contributed by atoms with Crippen LogP contribution in [0.5, 0.6) is 0 Å². The number of Topliss-reactive ketones (excluding diaryl/α,β-unsaturated/α-hetero) is 1. The van der Waals surface area contributed by atoms with Gasteiger partial charge >= 0.3 is 5.63 Å². The van der Waals surface area contributed by atoms with Crippen molar-refractivity contribution < 1.29 is 24.2 Å². The van der Waals surface area contributed by atoms with E-state index in [0.717, 1.165) is 62.3 Å². The molecule has 4 saturated carbocycles. The lowest BCUT2D eigenvalue weighted by Crippen LogP contribution is -2.58. The average molecular weight is 606 g/mol. The quantitative estimate of drug-likeness (QED) is 0.307. The zero-order valence-corrected chi connectivity index (χ0v) is 27.2. The third-order valence-corrected chi connectivity index (χ3v) is 13.2. The van der Waals surface area contributed by atoms with Crippen molar-refractivity contribution in [3.8, 4) is 0 Å². The van der Waals surface area contributed by atoms with E-state index in [9.17, 15) is 24.6 Å². The molecule has 0 saturated heterocycles. The summed E-state index contributed by atoms with van der Waals surface area (Å²) in [4.78, 5) is 37.2. The van der Waals surface area contributed by atoms with E-state index in [1.54, 1.807) is 6.07 Å². The number of hydrogen-bond acceptors (Lipinski definition) is 6. The number of anilines is 1. The first-order valence-corrected chi connectivity index (χ1v) is 17.0. The van der Waals surface area contributed by atoms with Crippen molar-refractivity contribution in [2.75, 3.05) is 5.32 Å². The summed E-state index contributed by atoms with van der Waals surface area (Å²) < 4.78 is 5.52. The zero-order chi connectivity index (χ0) is 31.6. The number of amides is 1. The molecule has 4 aliphatic rings. The lowest BCUT2D eigenvalue weighted by molar-refractivity contribution is -0.174. The number of ketones is 1. The summed E-state index contributed by atoms with van der Waals surface area (Å²) in [6.45, 7) is 10.5. The first kappa shape index (κ1) is 31.5. The number of benzene rings is 1. The first-order chi connectivity index (χ1) is 20.8. The number of aliphatic hydroxyl groups is 2. The van der Waals surface area contributed by atoms with Gasteiger partial charge in [-0.25, -0.2) is 4.79 Å². The summed E-state index contributed by atoms with van der Waals surface area (Å²) in [6, 6.07) is 5.35. The molecular formula is C37H51NO6. The van der Waals surface area contributed by atoms with E-state index in [0.29, 0.717) is 58.8 Å². The molecule has 1 aromatic heterocycles. The van der Waals surface area contributed by atoms with Crippen LogP contribution in [0.25, 0.3) is 11.0 Å². The Labute approximate surface area is 261 Å². The molecule has 10 unspecified atom stereocenters. The number of nitrogens with one attached hydrogen (secondary N) is 1. The molecule has 2 aromatic rings. The molecule has 10 atom stereocenters. The highest BCUT2D eigenvalue weighted by molar-refractivity contribution is 5.94. The van der Waals surface area contributed by atoms with Gasteiger partial charge in [0.15, 0.2) is 0 Å². The Morgan fingerprint density at radius 3 is 2.52 bits per heavy atom. The zero-order valence-electron chi connectivity index (χ0n) is 27.2. The molecule has 3 N–H and O–H groups in total. The van der Waals surface area contributed by atoms with Crippen LogP contribution in [0.3, 0.4) is 0 Å². The Balaban J connectivity index is 1.09. The van der Waals surface area contributed by atoms with Crippen LogP contribution in [-0.4, -0.2) is 34.1 Å². The molecule has 0 aliphatic heterocycles. The highest BCUT2D eigenvalue weighted by atomic mass is 16.4. The van der Waals surface area contributed by atoms with Gasteiger partial charge in [-0.2, -0.15) is 0 Å². The van der Waals surface area contributed by atoms with Gasteiger partial charge in [-0.05, 0) is 136 Å². The van der Waals surface area contributed by atoms with Crippen LogP contribution >= 0.6 is 0 Å². The van der Waals surface area contributed by atoms with Crippen LogP contribution in [0, 0.1) is 53.3 Å². The number of aliphatic hydroxyl groups excluding tert-OH is 2. The van der Waals surface area contributed by atoms with E-state index >= 15 is 0 Å². The minimum absolute atomic E-state index is 0.0481. The monoisotopic (exact) mass is 605 g/mol. The van der Waals surface area contributed by atoms with Gasteiger partial charge in [0.1, 0.15) is 11.4 Å². The van der Waals surface area contributed by atoms with E-state index in [4.69, 9.17) is 4.42 Å². The second-order valence-corrected chi connectivity index (χ2v) is 15.6. The fraction of sp³-hybridized carbons (Fsp3) is 0.703. The molecule has 1 amide bonds. The second kappa shape index (κ2) is 11.7. The molecule has 4 aliphatic carbocycles. The minimum Gasteiger partial charge on any atom is -0.422 e. The van der Waals surface area contributed by atoms with Gasteiger partial charge in [0.25, 0.3) is 0 Å². The molecule has 0 radical (unpaired) electrons. The summed E-state index contributed by atoms with van der Waals surface area (Å²) in [6.07, 6.45) is 9.12. The third kappa shape index (κ3) is 5.36. The number of aryl methyl sites for hydroxylation is 1. The standard InChI is InChI=1S/C37H51NO6/c1-20(6-11-33(42)38-24-7-8-26-22(3)27(16-21(2)39)35(43)44-32(26)19-24)28-9-10-29-34-30(13-15-37(28,29)5)36(4)14-12-25(40)17-23(36)18-31(34)41/h7-8,19-20,23,25,28-31,34,40-41H,6,9-18H2,1-5H3,(H,38,42). The molecule has 4 fully saturated rings. The molecule has 6 rings (SSSR count). The molecule has 0 spiro atoms. The number of hydrogen-bond donors (Lipinski definition) is 3. The highest BCUT2D eigenvalue weighted by Crippen LogP contribution is 2.68. The molecule has 1 heterocycles. The van der Waals surface area contributed by atoms with Crippen molar-refractivity contribution >= 4 is 28.3 Å². The maximum absolute atomic E-state index is 13.1. The minimum atomic E-state index is -0.507. The maximum Gasteiger partial charge on any atom is 0.340 e. The van der Waals surface area contributed by atoms with Crippen molar-refractivity contribution in [1.29, 1.82) is 0 Å². The molecule has 7 nitrogen and oxygen atoms in total. The summed E-state index contributed by atoms with van der Waals surface area (Å²) in [5.41, 5.74) is 2.03. The molecule has 0 bridgehead atoms. The SMILES string of the molecule is CC(=O)Cc1c(C)c2ccc(NC(=O)CCC(C)C3CCC4C5C(O)CC6CC(O)CCC6(C)C5CCC34C)cc2oc1=O. The Morgan fingerprint density at radius 2 is 1.77 bits per heavy atom. The van der Waals surface area contributed by atoms with Crippen LogP contribution in [0.15, 0.2) is 27.4 Å². The molecule has 7 heteroatoms. The summed E-state index contributed by atoms with van der Waals surface area (Å²) in [5, 5.41) is 25.6. The van der Waals surface area contributed by atoms with Crippen molar-refractivity contribution in [2.45, 2.75) is 117 Å². The van der Waals surface area contributed by atoms with Crippen molar-refractivity contribution in [3.63, 3.8) is 0 Å². The molecule has 44 heavy (non-hydrogen) atoms. The number of rotatable bonds is 7. The van der Waals surface area contributed by atoms with Gasteiger partial charge in [-0.15, -0.1) is 0 Å². The van der Waals surface area contributed by atoms with E-state index in [1.807, 2.05) is 19.1 Å². The summed E-state index contributed by atoms with van der Waals surface area (Å²) in [7, 11) is 0. The van der Waals surface area contributed by atoms with Crippen molar-refractivity contribution in [3.05, 3.63) is 39.7 Å². The highest BCUT2D eigenvalue weighted by Gasteiger charge is 2.62. The second-order valence-electron chi connectivity index (χ2n) is 15.6. The number of carbonyl (C=O) groups excluding carboxylic acids is 2. The molecule has 240 valence electrons. The van der Waals surface area contributed by atoms with E-state index in [1.165, 1.54) is 13.3 Å². The van der Waals surface area contributed by atoms with Gasteiger partial charge < -0.3 is 19.9 Å². The summed E-state index contributed by atoms with van der Waals surface area (Å²) >= 11 is 0. The first-order valence-electron chi connectivity index (χ1n) is 17.0. The van der Waals surface area contributed by atoms with Gasteiger partial charge in [0.2, 0.25) is 5.91 Å². The van der Waals surface area contributed by atoms with Crippen LogP contribution in [-0.2, 0) is 16.0 Å². The van der Waals surface area contributed by atoms with Gasteiger partial charge in [0, 0.05) is 35.5 Å². The summed E-state index contributed by atoms with van der Waals surface area (Å²) in [5.74, 6) is 2.63. The normalized spacial score (nSPS) is 37.1. The van der Waals surface area contributed by atoms with Crippen molar-refractivity contribution in [1.82, 2.24) is 0 Å². The van der Waals surface area contributed by atoms with Crippen molar-refractivity contribution in [2.24, 2.45) is 46.3 Å². The van der Waals surface area contributed by atoms with Gasteiger partial charge in [-0.3, -0.25) is 9.59 Å². The number of carbonyl (C=O) groups is 2. The smallest absolute Gasteiger partial charge is 0.340 e. The Kier molecular flexibility index (Phi) is 8.36. The Hall–Kier alpha value is -2.51. The van der Waals surface area contributed by atoms with Gasteiger partial charge in [0.05, 0.1) is 12.2 Å². The van der Waals surface area contributed by atoms with E-state index in [2.05, 4.69) is 26.1 Å². The Morgan fingerprint density at radius 1 is 1.05 bits per heavy atom. The lowest BCUT2D eigenvalue weighted by Gasteiger charge is -2.62. The van der Waals surface area contributed by atoms with Gasteiger partial charge in [-0.1, -0.05) is 20.8 Å². The average Bonchev–Trinajstić information content (AvgIpc) is 3.32. The van der Waals surface area contributed by atoms with E-state index < -0.39 is 5.63 Å². The predicted molar refractivity (Wildman–Crippen MR) is 171 cm³/mol. The molecule has 1 aromatic carbocycles. The fourth-order valence-electron chi connectivity index (χ4n) is 10.9. The predicted octanol–water partition coefficient (Wildman–Crippen LogP) is 6.58. The van der Waals surface area contributed by atoms with Crippen LogP contribution < -0.4 is 10.9 Å². The lowest BCUT2D eigenvalue weighted by atomic mass is 9.43. The van der Waals surface area contributed by atoms with E-state index in [-0.39, 0.29) is 41.1 Å². The maximum atomic E-state index is 13.1. The topological polar surface area (TPSA) is 117 Å². The molecular weight excluding hydrogens is 554 g/mol. The third-order valence-electron chi connectivity index (χ3n) is 13.2. The number of fused-ring (bicyclic) bond motifs is 6.